The van der Waals surface area contributed by atoms with Gasteiger partial charge in [-0.05, 0) is 19.1 Å². The van der Waals surface area contributed by atoms with Gasteiger partial charge in [0.2, 0.25) is 0 Å². The molecule has 14 heavy (non-hydrogen) atoms. The number of aliphatic hydroxyl groups is 1. The molecule has 4 nitrogen and oxygen atoms in total. The summed E-state index contributed by atoms with van der Waals surface area (Å²) in [5, 5.41) is 16.0. The van der Waals surface area contributed by atoms with Gasteiger partial charge in [0.25, 0.3) is 0 Å². The highest BCUT2D eigenvalue weighted by atomic mass is 16.3. The minimum absolute atomic E-state index is 0.120. The minimum Gasteiger partial charge on any atom is -0.468 e. The van der Waals surface area contributed by atoms with Gasteiger partial charge in [-0.3, -0.25) is 0 Å². The van der Waals surface area contributed by atoms with Crippen LogP contribution in [-0.2, 0) is 0 Å². The van der Waals surface area contributed by atoms with E-state index in [0.717, 1.165) is 12.3 Å². The average molecular weight is 196 g/mol. The molecule has 1 aromatic rings. The van der Waals surface area contributed by atoms with E-state index in [-0.39, 0.29) is 18.2 Å². The molecule has 1 unspecified atom stereocenters. The normalized spacial score (nSPS) is 29.3. The van der Waals surface area contributed by atoms with Gasteiger partial charge in [-0.25, -0.2) is 0 Å². The lowest BCUT2D eigenvalue weighted by molar-refractivity contribution is 0.156. The fourth-order valence-corrected chi connectivity index (χ4v) is 1.78. The van der Waals surface area contributed by atoms with Crippen LogP contribution in [0, 0.1) is 0 Å². The van der Waals surface area contributed by atoms with Gasteiger partial charge in [0, 0.05) is 19.1 Å². The number of nitrogens with one attached hydrogen (secondary N) is 2. The van der Waals surface area contributed by atoms with E-state index in [1.807, 2.05) is 19.1 Å². The second-order valence-electron chi connectivity index (χ2n) is 3.74. The summed E-state index contributed by atoms with van der Waals surface area (Å²) in [6, 6.07) is 4.07. The van der Waals surface area contributed by atoms with Crippen molar-refractivity contribution >= 4 is 0 Å². The Morgan fingerprint density at radius 1 is 1.64 bits per heavy atom. The second-order valence-corrected chi connectivity index (χ2v) is 3.74. The van der Waals surface area contributed by atoms with Crippen LogP contribution in [0.4, 0.5) is 0 Å². The molecule has 0 aromatic carbocycles. The highest BCUT2D eigenvalue weighted by molar-refractivity contribution is 5.04. The average Bonchev–Trinajstić information content (AvgIpc) is 2.77. The molecular formula is C10H16N2O2. The van der Waals surface area contributed by atoms with Crippen LogP contribution in [0.5, 0.6) is 0 Å². The molecule has 2 rings (SSSR count). The minimum atomic E-state index is -0.299. The molecule has 2 heterocycles. The Balaban J connectivity index is 1.91. The van der Waals surface area contributed by atoms with Crippen molar-refractivity contribution in [2.45, 2.75) is 25.1 Å². The van der Waals surface area contributed by atoms with Gasteiger partial charge in [-0.15, -0.1) is 0 Å². The predicted octanol–water partition coefficient (Wildman–Crippen LogP) is 0.263. The zero-order chi connectivity index (χ0) is 9.97. The van der Waals surface area contributed by atoms with Crippen LogP contribution in [0.25, 0.3) is 0 Å². The maximum atomic E-state index is 9.58. The van der Waals surface area contributed by atoms with Gasteiger partial charge in [-0.2, -0.15) is 0 Å². The summed E-state index contributed by atoms with van der Waals surface area (Å²) < 4.78 is 5.28. The number of hydrogen-bond donors (Lipinski definition) is 3. The maximum Gasteiger partial charge on any atom is 0.120 e. The van der Waals surface area contributed by atoms with E-state index in [4.69, 9.17) is 4.42 Å². The first-order valence-electron chi connectivity index (χ1n) is 4.95. The molecule has 1 saturated heterocycles. The monoisotopic (exact) mass is 196 g/mol. The highest BCUT2D eigenvalue weighted by Gasteiger charge is 2.26. The second kappa shape index (κ2) is 4.13. The van der Waals surface area contributed by atoms with Crippen molar-refractivity contribution in [3.05, 3.63) is 24.2 Å². The number of furan rings is 1. The van der Waals surface area contributed by atoms with Gasteiger partial charge in [0.15, 0.2) is 0 Å². The Hall–Kier alpha value is -0.840. The summed E-state index contributed by atoms with van der Waals surface area (Å²) >= 11 is 0. The highest BCUT2D eigenvalue weighted by Crippen LogP contribution is 2.14. The van der Waals surface area contributed by atoms with E-state index in [1.54, 1.807) is 6.26 Å². The Labute approximate surface area is 83.3 Å². The molecule has 3 N–H and O–H groups in total. The molecule has 1 aromatic heterocycles. The van der Waals surface area contributed by atoms with Gasteiger partial charge in [-0.1, -0.05) is 0 Å². The zero-order valence-electron chi connectivity index (χ0n) is 8.23. The summed E-state index contributed by atoms with van der Waals surface area (Å²) in [7, 11) is 0. The molecule has 1 aliphatic heterocycles. The fraction of sp³-hybridized carbons (Fsp3) is 0.600. The molecule has 3 atom stereocenters. The Morgan fingerprint density at radius 2 is 2.50 bits per heavy atom. The number of hydrogen-bond acceptors (Lipinski definition) is 4. The third-order valence-corrected chi connectivity index (χ3v) is 2.62. The third-order valence-electron chi connectivity index (χ3n) is 2.62. The van der Waals surface area contributed by atoms with E-state index in [0.29, 0.717) is 6.54 Å². The van der Waals surface area contributed by atoms with E-state index in [9.17, 15) is 5.11 Å². The molecule has 0 radical (unpaired) electrons. The van der Waals surface area contributed by atoms with E-state index >= 15 is 0 Å². The molecule has 1 aliphatic rings. The van der Waals surface area contributed by atoms with Crippen molar-refractivity contribution in [2.75, 3.05) is 13.1 Å². The molecule has 1 fully saturated rings. The van der Waals surface area contributed by atoms with Crippen LogP contribution < -0.4 is 10.6 Å². The fourth-order valence-electron chi connectivity index (χ4n) is 1.78. The Bertz CT molecular complexity index is 274. The van der Waals surface area contributed by atoms with Crippen molar-refractivity contribution in [1.82, 2.24) is 10.6 Å². The smallest absolute Gasteiger partial charge is 0.120 e. The number of rotatable bonds is 3. The van der Waals surface area contributed by atoms with Crippen molar-refractivity contribution in [2.24, 2.45) is 0 Å². The standard InChI is InChI=1S/C10H16N2O2/c1-7(10-3-2-4-14-10)12-8-5-11-6-9(8)13/h2-4,7-9,11-13H,5-6H2,1H3/t7?,8-,9-/m1/s1. The maximum absolute atomic E-state index is 9.58. The molecule has 0 bridgehead atoms. The van der Waals surface area contributed by atoms with Crippen LogP contribution in [-0.4, -0.2) is 30.3 Å². The molecule has 0 saturated carbocycles. The lowest BCUT2D eigenvalue weighted by Crippen LogP contribution is -2.40. The molecule has 0 spiro atoms. The van der Waals surface area contributed by atoms with Crippen molar-refractivity contribution in [3.8, 4) is 0 Å². The predicted molar refractivity (Wildman–Crippen MR) is 52.9 cm³/mol. The van der Waals surface area contributed by atoms with E-state index < -0.39 is 0 Å². The van der Waals surface area contributed by atoms with Gasteiger partial charge in [0.1, 0.15) is 5.76 Å². The summed E-state index contributed by atoms with van der Waals surface area (Å²) in [4.78, 5) is 0. The van der Waals surface area contributed by atoms with Crippen molar-refractivity contribution in [3.63, 3.8) is 0 Å². The molecule has 0 aliphatic carbocycles. The Morgan fingerprint density at radius 3 is 3.07 bits per heavy atom. The lowest BCUT2D eigenvalue weighted by Gasteiger charge is -2.19. The van der Waals surface area contributed by atoms with Gasteiger partial charge >= 0.3 is 0 Å². The quantitative estimate of drug-likeness (QED) is 0.649. The summed E-state index contributed by atoms with van der Waals surface area (Å²) in [5.74, 6) is 0.907. The lowest BCUT2D eigenvalue weighted by atomic mass is 10.1. The molecular weight excluding hydrogens is 180 g/mol. The molecule has 78 valence electrons. The summed E-state index contributed by atoms with van der Waals surface area (Å²) in [5.41, 5.74) is 0. The van der Waals surface area contributed by atoms with Crippen LogP contribution in [0.3, 0.4) is 0 Å². The molecule has 4 heteroatoms. The topological polar surface area (TPSA) is 57.4 Å². The summed E-state index contributed by atoms with van der Waals surface area (Å²) in [6.07, 6.45) is 1.36. The van der Waals surface area contributed by atoms with E-state index in [1.165, 1.54) is 0 Å². The first kappa shape index (κ1) is 9.71. The zero-order valence-corrected chi connectivity index (χ0v) is 8.23. The van der Waals surface area contributed by atoms with Crippen LogP contribution in [0.1, 0.15) is 18.7 Å². The SMILES string of the molecule is CC(N[C@@H]1CNC[C@H]1O)c1ccco1. The van der Waals surface area contributed by atoms with Gasteiger partial charge in [0.05, 0.1) is 18.4 Å². The number of aliphatic hydroxyl groups excluding tert-OH is 1. The van der Waals surface area contributed by atoms with Crippen molar-refractivity contribution < 1.29 is 9.52 Å². The van der Waals surface area contributed by atoms with Crippen LogP contribution in [0.2, 0.25) is 0 Å². The van der Waals surface area contributed by atoms with Crippen LogP contribution >= 0.6 is 0 Å². The first-order valence-corrected chi connectivity index (χ1v) is 4.95. The molecule has 0 amide bonds. The number of β-amino-alcohol motifs (C(OH)–C–C–N with tert-alkyl or cyclic N) is 1. The first-order chi connectivity index (χ1) is 6.77. The third kappa shape index (κ3) is 1.97. The van der Waals surface area contributed by atoms with Gasteiger partial charge < -0.3 is 20.2 Å². The van der Waals surface area contributed by atoms with Crippen LogP contribution in [0.15, 0.2) is 22.8 Å². The van der Waals surface area contributed by atoms with E-state index in [2.05, 4.69) is 10.6 Å². The van der Waals surface area contributed by atoms with Crippen molar-refractivity contribution in [1.29, 1.82) is 0 Å². The largest absolute Gasteiger partial charge is 0.468 e. The Kier molecular flexibility index (Phi) is 2.86. The summed E-state index contributed by atoms with van der Waals surface area (Å²) in [6.45, 7) is 3.51.